The Bertz CT molecular complexity index is 607. The van der Waals surface area contributed by atoms with Crippen LogP contribution in [0.15, 0.2) is 40.9 Å². The first-order valence-corrected chi connectivity index (χ1v) is 6.56. The van der Waals surface area contributed by atoms with Crippen molar-refractivity contribution in [3.05, 3.63) is 68.7 Å². The van der Waals surface area contributed by atoms with Gasteiger partial charge in [0.1, 0.15) is 11.6 Å². The van der Waals surface area contributed by atoms with E-state index in [9.17, 15) is 8.78 Å². The molecule has 1 atom stereocenters. The predicted octanol–water partition coefficient (Wildman–Crippen LogP) is 3.93. The molecule has 0 aliphatic heterocycles. The monoisotopic (exact) mass is 346 g/mol. The van der Waals surface area contributed by atoms with Gasteiger partial charge in [-0.1, -0.05) is 29.8 Å². The summed E-state index contributed by atoms with van der Waals surface area (Å²) in [7, 11) is 0. The zero-order valence-corrected chi connectivity index (χ0v) is 12.0. The van der Waals surface area contributed by atoms with Crippen LogP contribution in [0, 0.1) is 11.6 Å². The maximum atomic E-state index is 14.1. The minimum Gasteiger partial charge on any atom is -0.271 e. The van der Waals surface area contributed by atoms with E-state index in [2.05, 4.69) is 21.4 Å². The Morgan fingerprint density at radius 1 is 1.16 bits per heavy atom. The van der Waals surface area contributed by atoms with E-state index >= 15 is 0 Å². The molecule has 0 saturated carbocycles. The maximum absolute atomic E-state index is 14.1. The van der Waals surface area contributed by atoms with Gasteiger partial charge in [0.2, 0.25) is 0 Å². The van der Waals surface area contributed by atoms with Gasteiger partial charge in [-0.25, -0.2) is 14.2 Å². The highest BCUT2D eigenvalue weighted by molar-refractivity contribution is 9.10. The van der Waals surface area contributed by atoms with Crippen LogP contribution < -0.4 is 11.3 Å². The van der Waals surface area contributed by atoms with Crippen molar-refractivity contribution in [2.45, 2.75) is 6.04 Å². The smallest absolute Gasteiger partial charge is 0.142 e. The molecular formula is C13H10BrClF2N2. The Labute approximate surface area is 122 Å². The molecule has 0 aromatic heterocycles. The highest BCUT2D eigenvalue weighted by atomic mass is 79.9. The first-order valence-electron chi connectivity index (χ1n) is 5.39. The van der Waals surface area contributed by atoms with E-state index in [1.165, 1.54) is 12.1 Å². The van der Waals surface area contributed by atoms with Crippen molar-refractivity contribution in [2.24, 2.45) is 5.84 Å². The highest BCUT2D eigenvalue weighted by Gasteiger charge is 2.20. The summed E-state index contributed by atoms with van der Waals surface area (Å²) in [5.41, 5.74) is 3.32. The SMILES string of the molecule is NNC(c1ccc(F)cc1Cl)c1cccc(Br)c1F. The molecule has 0 heterocycles. The minimum absolute atomic E-state index is 0.183. The fourth-order valence-electron chi connectivity index (χ4n) is 1.83. The second-order valence-electron chi connectivity index (χ2n) is 3.91. The summed E-state index contributed by atoms with van der Waals surface area (Å²) in [6.45, 7) is 0. The summed E-state index contributed by atoms with van der Waals surface area (Å²) < 4.78 is 27.4. The van der Waals surface area contributed by atoms with Gasteiger partial charge < -0.3 is 0 Å². The van der Waals surface area contributed by atoms with E-state index in [4.69, 9.17) is 17.4 Å². The number of rotatable bonds is 3. The zero-order valence-electron chi connectivity index (χ0n) is 9.63. The molecule has 0 spiro atoms. The normalized spacial score (nSPS) is 12.5. The van der Waals surface area contributed by atoms with Gasteiger partial charge in [-0.3, -0.25) is 5.84 Å². The number of nitrogens with two attached hydrogens (primary N) is 1. The molecule has 19 heavy (non-hydrogen) atoms. The van der Waals surface area contributed by atoms with Gasteiger partial charge in [0.25, 0.3) is 0 Å². The fraction of sp³-hybridized carbons (Fsp3) is 0.0769. The number of benzene rings is 2. The van der Waals surface area contributed by atoms with Crippen LogP contribution in [0.2, 0.25) is 5.02 Å². The van der Waals surface area contributed by atoms with Crippen molar-refractivity contribution in [1.29, 1.82) is 0 Å². The lowest BCUT2D eigenvalue weighted by atomic mass is 9.98. The Balaban J connectivity index is 2.53. The summed E-state index contributed by atoms with van der Waals surface area (Å²) in [6.07, 6.45) is 0. The number of hydrogen-bond donors (Lipinski definition) is 2. The van der Waals surface area contributed by atoms with Crippen molar-refractivity contribution in [3.63, 3.8) is 0 Å². The second-order valence-corrected chi connectivity index (χ2v) is 5.17. The van der Waals surface area contributed by atoms with Crippen molar-refractivity contribution in [1.82, 2.24) is 5.43 Å². The molecule has 2 aromatic rings. The molecule has 6 heteroatoms. The van der Waals surface area contributed by atoms with E-state index in [-0.39, 0.29) is 5.02 Å². The average Bonchev–Trinajstić information content (AvgIpc) is 2.37. The van der Waals surface area contributed by atoms with Gasteiger partial charge in [0, 0.05) is 10.6 Å². The van der Waals surface area contributed by atoms with E-state index in [1.54, 1.807) is 18.2 Å². The molecule has 0 fully saturated rings. The van der Waals surface area contributed by atoms with Crippen LogP contribution in [-0.4, -0.2) is 0 Å². The fourth-order valence-corrected chi connectivity index (χ4v) is 2.48. The Morgan fingerprint density at radius 2 is 1.89 bits per heavy atom. The molecule has 2 rings (SSSR count). The topological polar surface area (TPSA) is 38.0 Å². The second kappa shape index (κ2) is 5.96. The maximum Gasteiger partial charge on any atom is 0.142 e. The van der Waals surface area contributed by atoms with Crippen molar-refractivity contribution in [2.75, 3.05) is 0 Å². The van der Waals surface area contributed by atoms with Crippen LogP contribution in [-0.2, 0) is 0 Å². The van der Waals surface area contributed by atoms with E-state index in [0.29, 0.717) is 15.6 Å². The third-order valence-electron chi connectivity index (χ3n) is 2.73. The zero-order chi connectivity index (χ0) is 14.0. The summed E-state index contributed by atoms with van der Waals surface area (Å²) in [4.78, 5) is 0. The number of halogens is 4. The molecule has 2 nitrogen and oxygen atoms in total. The van der Waals surface area contributed by atoms with Crippen LogP contribution in [0.1, 0.15) is 17.2 Å². The van der Waals surface area contributed by atoms with Gasteiger partial charge in [-0.05, 0) is 39.7 Å². The quantitative estimate of drug-likeness (QED) is 0.652. The molecule has 0 bridgehead atoms. The molecule has 0 radical (unpaired) electrons. The molecular weight excluding hydrogens is 338 g/mol. The minimum atomic E-state index is -0.661. The Hall–Kier alpha value is -1.01. The van der Waals surface area contributed by atoms with Gasteiger partial charge in [-0.2, -0.15) is 0 Å². The Morgan fingerprint density at radius 3 is 2.53 bits per heavy atom. The largest absolute Gasteiger partial charge is 0.271 e. The first kappa shape index (κ1) is 14.4. The van der Waals surface area contributed by atoms with Crippen LogP contribution in [0.25, 0.3) is 0 Å². The molecule has 1 unspecified atom stereocenters. The van der Waals surface area contributed by atoms with Crippen molar-refractivity contribution < 1.29 is 8.78 Å². The number of hydrazine groups is 1. The van der Waals surface area contributed by atoms with E-state index < -0.39 is 17.7 Å². The number of nitrogens with one attached hydrogen (secondary N) is 1. The van der Waals surface area contributed by atoms with Crippen molar-refractivity contribution >= 4 is 27.5 Å². The summed E-state index contributed by atoms with van der Waals surface area (Å²) in [6, 6.07) is 8.08. The molecule has 0 aliphatic carbocycles. The standard InChI is InChI=1S/C13H10BrClF2N2/c14-10-3-1-2-9(12(10)17)13(19-18)8-5-4-7(16)6-11(8)15/h1-6,13,19H,18H2. The predicted molar refractivity (Wildman–Crippen MR) is 74.7 cm³/mol. The van der Waals surface area contributed by atoms with E-state index in [0.717, 1.165) is 6.07 Å². The van der Waals surface area contributed by atoms with Gasteiger partial charge in [0.15, 0.2) is 0 Å². The summed E-state index contributed by atoms with van der Waals surface area (Å²) >= 11 is 9.08. The Kier molecular flexibility index (Phi) is 4.52. The molecule has 3 N–H and O–H groups in total. The third-order valence-corrected chi connectivity index (χ3v) is 3.67. The van der Waals surface area contributed by atoms with E-state index in [1.807, 2.05) is 0 Å². The first-order chi connectivity index (χ1) is 9.04. The van der Waals surface area contributed by atoms with Crippen LogP contribution in [0.4, 0.5) is 8.78 Å². The van der Waals surface area contributed by atoms with Gasteiger partial charge >= 0.3 is 0 Å². The molecule has 0 amide bonds. The molecule has 100 valence electrons. The van der Waals surface area contributed by atoms with Gasteiger partial charge in [0.05, 0.1) is 10.5 Å². The molecule has 0 aliphatic rings. The van der Waals surface area contributed by atoms with Crippen LogP contribution in [0.3, 0.4) is 0 Å². The lowest BCUT2D eigenvalue weighted by Crippen LogP contribution is -2.29. The number of hydrogen-bond acceptors (Lipinski definition) is 2. The molecule has 2 aromatic carbocycles. The lowest BCUT2D eigenvalue weighted by molar-refractivity contribution is 0.554. The average molecular weight is 348 g/mol. The summed E-state index contributed by atoms with van der Waals surface area (Å²) in [5.74, 6) is 4.58. The molecule has 0 saturated heterocycles. The van der Waals surface area contributed by atoms with Crippen molar-refractivity contribution in [3.8, 4) is 0 Å². The summed E-state index contributed by atoms with van der Waals surface area (Å²) in [5, 5.41) is 0.183. The highest BCUT2D eigenvalue weighted by Crippen LogP contribution is 2.31. The van der Waals surface area contributed by atoms with Crippen LogP contribution >= 0.6 is 27.5 Å². The van der Waals surface area contributed by atoms with Crippen LogP contribution in [0.5, 0.6) is 0 Å². The van der Waals surface area contributed by atoms with Gasteiger partial charge in [-0.15, -0.1) is 0 Å². The lowest BCUT2D eigenvalue weighted by Gasteiger charge is -2.19. The third kappa shape index (κ3) is 2.95.